The predicted molar refractivity (Wildman–Crippen MR) is 246 cm³/mol. The molecule has 65 heavy (non-hydrogen) atoms. The normalized spacial score (nSPS) is 20.6. The highest BCUT2D eigenvalue weighted by Gasteiger charge is 2.42. The van der Waals surface area contributed by atoms with Crippen LogP contribution >= 0.6 is 0 Å². The Bertz CT molecular complexity index is 2290. The summed E-state index contributed by atoms with van der Waals surface area (Å²) in [4.78, 5) is 94.5. The number of piperidine rings is 2. The molecule has 3 fully saturated rings. The number of methoxy groups -OCH3 is 1. The molecular formula is C49H63N9O7. The maximum atomic E-state index is 13.5. The van der Waals surface area contributed by atoms with Crippen molar-refractivity contribution in [1.29, 1.82) is 0 Å². The van der Waals surface area contributed by atoms with Gasteiger partial charge >= 0.3 is 0 Å². The lowest BCUT2D eigenvalue weighted by Gasteiger charge is -2.43. The number of carbonyl (C=O) groups excluding carboxylic acids is 6. The molecule has 0 spiro atoms. The van der Waals surface area contributed by atoms with Crippen LogP contribution in [0.4, 0.5) is 17.2 Å². The first-order chi connectivity index (χ1) is 31.5. The number of benzene rings is 2. The second-order valence-electron chi connectivity index (χ2n) is 18.3. The van der Waals surface area contributed by atoms with E-state index in [9.17, 15) is 28.8 Å². The molecule has 3 N–H and O–H groups in total. The molecule has 5 amide bonds. The van der Waals surface area contributed by atoms with Crippen molar-refractivity contribution in [3.05, 3.63) is 70.7 Å². The summed E-state index contributed by atoms with van der Waals surface area (Å²) >= 11 is 0. The van der Waals surface area contributed by atoms with E-state index < -0.39 is 11.9 Å². The number of aromatic nitrogens is 2. The number of hydrogen-bond donors (Lipinski definition) is 3. The van der Waals surface area contributed by atoms with Crippen molar-refractivity contribution in [3.63, 3.8) is 0 Å². The number of carbonyl (C=O) groups is 6. The van der Waals surface area contributed by atoms with Gasteiger partial charge in [-0.2, -0.15) is 0 Å². The van der Waals surface area contributed by atoms with Gasteiger partial charge in [-0.3, -0.25) is 34.1 Å². The van der Waals surface area contributed by atoms with Gasteiger partial charge in [0.2, 0.25) is 23.6 Å². The second-order valence-corrected chi connectivity index (χ2v) is 18.3. The summed E-state index contributed by atoms with van der Waals surface area (Å²) in [6.45, 7) is 6.74. The summed E-state index contributed by atoms with van der Waals surface area (Å²) in [5, 5.41) is 8.80. The molecule has 2 saturated heterocycles. The second kappa shape index (κ2) is 20.6. The number of ether oxygens (including phenoxy) is 1. The molecule has 3 aromatic rings. The number of unbranched alkanes of at least 4 members (excludes halogenated alkanes) is 1. The predicted octanol–water partition coefficient (Wildman–Crippen LogP) is 5.02. The molecule has 5 aliphatic rings. The monoisotopic (exact) mass is 889 g/mol. The van der Waals surface area contributed by atoms with Crippen LogP contribution in [0.5, 0.6) is 5.75 Å². The van der Waals surface area contributed by atoms with Crippen LogP contribution in [0.25, 0.3) is 0 Å². The molecule has 4 aliphatic heterocycles. The Morgan fingerprint density at radius 1 is 0.969 bits per heavy atom. The number of hydrogen-bond acceptors (Lipinski definition) is 12. The van der Waals surface area contributed by atoms with Crippen LogP contribution in [0.15, 0.2) is 42.6 Å². The number of fused-ring (bicyclic) bond motifs is 2. The SMILES string of the molecule is CC[C@@H]1C(=O)N(C)c2cnc(Cc3ccc(C(=O)CC4CCN(CCNCCCCC(=O)Nc5cccc6c5CN(C5CCC(=O)NC5=O)C6=O)CC4)cc3OC)nc2N1C1CCCC1. The molecular weight excluding hydrogens is 827 g/mol. The summed E-state index contributed by atoms with van der Waals surface area (Å²) in [7, 11) is 3.44. The quantitative estimate of drug-likeness (QED) is 0.0881. The van der Waals surface area contributed by atoms with E-state index in [-0.39, 0.29) is 54.8 Å². The molecule has 346 valence electrons. The average Bonchev–Trinajstić information content (AvgIpc) is 3.96. The summed E-state index contributed by atoms with van der Waals surface area (Å²) in [5.41, 5.74) is 4.05. The van der Waals surface area contributed by atoms with Gasteiger partial charge in [-0.25, -0.2) is 9.97 Å². The first kappa shape index (κ1) is 45.8. The topological polar surface area (TPSA) is 186 Å². The van der Waals surface area contributed by atoms with E-state index in [1.807, 2.05) is 25.2 Å². The third kappa shape index (κ3) is 10.2. The fourth-order valence-electron chi connectivity index (χ4n) is 10.3. The van der Waals surface area contributed by atoms with E-state index in [0.717, 1.165) is 101 Å². The van der Waals surface area contributed by atoms with Crippen LogP contribution < -0.4 is 30.5 Å². The van der Waals surface area contributed by atoms with Crippen LogP contribution in [-0.2, 0) is 32.1 Å². The molecule has 1 aliphatic carbocycles. The number of nitrogens with zero attached hydrogens (tertiary/aromatic N) is 6. The van der Waals surface area contributed by atoms with Crippen molar-refractivity contribution in [1.82, 2.24) is 30.4 Å². The lowest BCUT2D eigenvalue weighted by atomic mass is 9.89. The van der Waals surface area contributed by atoms with Crippen LogP contribution in [0, 0.1) is 5.92 Å². The van der Waals surface area contributed by atoms with Crippen LogP contribution in [-0.4, -0.2) is 120 Å². The number of Topliss-reactive ketones (excluding diaryl/α,β-unsaturated/α-hetero) is 1. The fourth-order valence-corrected chi connectivity index (χ4v) is 10.3. The molecule has 0 bridgehead atoms. The van der Waals surface area contributed by atoms with Crippen molar-refractivity contribution in [2.75, 3.05) is 62.0 Å². The Labute approximate surface area is 381 Å². The number of nitrogens with one attached hydrogen (secondary N) is 3. The largest absolute Gasteiger partial charge is 0.496 e. The highest BCUT2D eigenvalue weighted by Crippen LogP contribution is 2.40. The summed E-state index contributed by atoms with van der Waals surface area (Å²) in [6.07, 6.45) is 12.2. The number of anilines is 3. The Hall–Kier alpha value is -5.74. The van der Waals surface area contributed by atoms with Crippen molar-refractivity contribution >= 4 is 52.5 Å². The van der Waals surface area contributed by atoms with Crippen LogP contribution in [0.1, 0.15) is 128 Å². The van der Waals surface area contributed by atoms with E-state index in [4.69, 9.17) is 9.72 Å². The highest BCUT2D eigenvalue weighted by molar-refractivity contribution is 6.07. The maximum Gasteiger partial charge on any atom is 0.255 e. The lowest BCUT2D eigenvalue weighted by molar-refractivity contribution is -0.137. The third-order valence-corrected chi connectivity index (χ3v) is 14.1. The van der Waals surface area contributed by atoms with Crippen molar-refractivity contribution in [2.45, 2.75) is 121 Å². The smallest absolute Gasteiger partial charge is 0.255 e. The minimum Gasteiger partial charge on any atom is -0.496 e. The number of amides is 5. The molecule has 5 heterocycles. The van der Waals surface area contributed by atoms with Gasteiger partial charge in [-0.05, 0) is 95.1 Å². The Balaban J connectivity index is 0.734. The molecule has 8 rings (SSSR count). The van der Waals surface area contributed by atoms with E-state index in [0.29, 0.717) is 71.6 Å². The summed E-state index contributed by atoms with van der Waals surface area (Å²) < 4.78 is 5.81. The number of imide groups is 1. The maximum absolute atomic E-state index is 13.5. The number of ketones is 1. The summed E-state index contributed by atoms with van der Waals surface area (Å²) in [5.74, 6) is 1.49. The van der Waals surface area contributed by atoms with E-state index in [2.05, 4.69) is 37.7 Å². The molecule has 1 unspecified atom stereocenters. The van der Waals surface area contributed by atoms with Gasteiger partial charge in [-0.15, -0.1) is 0 Å². The van der Waals surface area contributed by atoms with E-state index in [1.54, 1.807) is 36.4 Å². The lowest BCUT2D eigenvalue weighted by Crippen LogP contribution is -2.55. The fraction of sp³-hybridized carbons (Fsp3) is 0.551. The van der Waals surface area contributed by atoms with Crippen molar-refractivity contribution in [3.8, 4) is 5.75 Å². The van der Waals surface area contributed by atoms with Gasteiger partial charge in [0.15, 0.2) is 11.6 Å². The first-order valence-corrected chi connectivity index (χ1v) is 23.6. The molecule has 2 aromatic carbocycles. The minimum atomic E-state index is -0.704. The van der Waals surface area contributed by atoms with Gasteiger partial charge in [0.25, 0.3) is 5.91 Å². The molecule has 1 saturated carbocycles. The van der Waals surface area contributed by atoms with Gasteiger partial charge < -0.3 is 35.0 Å². The number of likely N-dealkylation sites (N-methyl/N-ethyl adjacent to an activating group) is 1. The zero-order chi connectivity index (χ0) is 45.6. The standard InChI is InChI=1S/C49H63N9O7/c1-4-38-49(64)55(2)40-29-51-43(53-46(40)58(38)34-10-5-6-11-34)28-33-16-15-32(27-42(33)65-3)41(59)26-31-19-23-56(24-20-31)25-22-50-21-8-7-14-44(60)52-37-13-9-12-35-36(37)30-57(48(35)63)39-17-18-45(61)54-47(39)62/h9,12-13,15-16,27,29,31,34,38-39,50H,4-8,10-11,14,17-26,28,30H2,1-3H3,(H,52,60)(H,54,61,62)/t38-,39?/m1/s1. The number of rotatable bonds is 18. The van der Waals surface area contributed by atoms with Crippen LogP contribution in [0.2, 0.25) is 0 Å². The van der Waals surface area contributed by atoms with Gasteiger partial charge in [-0.1, -0.05) is 38.0 Å². The number of likely N-dealkylation sites (tertiary alicyclic amines) is 1. The van der Waals surface area contributed by atoms with Gasteiger partial charge in [0, 0.05) is 86.3 Å². The third-order valence-electron chi connectivity index (χ3n) is 14.1. The van der Waals surface area contributed by atoms with Crippen molar-refractivity contribution < 1.29 is 33.5 Å². The summed E-state index contributed by atoms with van der Waals surface area (Å²) in [6, 6.07) is 10.3. The molecule has 0 radical (unpaired) electrons. The molecule has 1 aromatic heterocycles. The highest BCUT2D eigenvalue weighted by atomic mass is 16.5. The zero-order valence-electron chi connectivity index (χ0n) is 38.0. The minimum absolute atomic E-state index is 0.0920. The van der Waals surface area contributed by atoms with Crippen LogP contribution in [0.3, 0.4) is 0 Å². The van der Waals surface area contributed by atoms with Gasteiger partial charge in [0.1, 0.15) is 29.3 Å². The van der Waals surface area contributed by atoms with E-state index in [1.165, 1.54) is 4.90 Å². The zero-order valence-corrected chi connectivity index (χ0v) is 38.0. The van der Waals surface area contributed by atoms with E-state index >= 15 is 0 Å². The molecule has 16 nitrogen and oxygen atoms in total. The molecule has 2 atom stereocenters. The molecule has 16 heteroatoms. The Kier molecular flexibility index (Phi) is 14.5. The van der Waals surface area contributed by atoms with Gasteiger partial charge in [0.05, 0.1) is 13.3 Å². The Morgan fingerprint density at radius 3 is 2.52 bits per heavy atom. The Morgan fingerprint density at radius 2 is 1.77 bits per heavy atom. The average molecular weight is 890 g/mol. The first-order valence-electron chi connectivity index (χ1n) is 23.6. The van der Waals surface area contributed by atoms with Crippen molar-refractivity contribution in [2.24, 2.45) is 5.92 Å².